The molecule has 1 fully saturated rings. The van der Waals surface area contributed by atoms with Crippen LogP contribution >= 0.6 is 0 Å². The molecule has 1 aliphatic rings. The Morgan fingerprint density at radius 2 is 1.86 bits per heavy atom. The third-order valence-electron chi connectivity index (χ3n) is 5.13. The van der Waals surface area contributed by atoms with Crippen molar-refractivity contribution in [2.75, 3.05) is 13.2 Å². The first-order valence-electron chi connectivity index (χ1n) is 8.69. The summed E-state index contributed by atoms with van der Waals surface area (Å²) in [6, 6.07) is 9.43. The smallest absolute Gasteiger partial charge is 0.243 e. The van der Waals surface area contributed by atoms with Gasteiger partial charge in [-0.05, 0) is 35.9 Å². The second-order valence-corrected chi connectivity index (χ2v) is 8.69. The Kier molecular flexibility index (Phi) is 4.72. The number of benzene rings is 2. The van der Waals surface area contributed by atoms with Crippen molar-refractivity contribution in [2.45, 2.75) is 23.1 Å². The number of nitrogens with zero attached hydrogens (tertiary/aromatic N) is 1. The average molecular weight is 406 g/mol. The standard InChI is InChI=1S/C19H19FN2O5S/c20-12-3-6-14-15(8-21-16(14)7-12)11-1-4-13(5-2-11)28(26,27)22-9-18(24)19(25)17(22)10-23/h1-8,17-19,21,23-25H,9-10H2/t17-,18?,19?/m0/s1. The van der Waals surface area contributed by atoms with Gasteiger partial charge >= 0.3 is 0 Å². The van der Waals surface area contributed by atoms with E-state index in [2.05, 4.69) is 4.98 Å². The molecular formula is C19H19FN2O5S. The van der Waals surface area contributed by atoms with Gasteiger partial charge in [-0.3, -0.25) is 0 Å². The van der Waals surface area contributed by atoms with Crippen LogP contribution in [0, 0.1) is 5.82 Å². The van der Waals surface area contributed by atoms with Gasteiger partial charge in [0.05, 0.1) is 29.8 Å². The van der Waals surface area contributed by atoms with Crippen molar-refractivity contribution in [3.8, 4) is 11.1 Å². The molecule has 148 valence electrons. The van der Waals surface area contributed by atoms with Crippen molar-refractivity contribution in [3.05, 3.63) is 54.5 Å². The molecule has 2 unspecified atom stereocenters. The summed E-state index contributed by atoms with van der Waals surface area (Å²) in [5.74, 6) is -0.351. The van der Waals surface area contributed by atoms with Gasteiger partial charge in [0, 0.05) is 29.2 Å². The number of aromatic nitrogens is 1. The zero-order chi connectivity index (χ0) is 20.1. The van der Waals surface area contributed by atoms with Gasteiger partial charge in [-0.25, -0.2) is 12.8 Å². The molecule has 0 spiro atoms. The fourth-order valence-corrected chi connectivity index (χ4v) is 5.26. The number of hydrogen-bond acceptors (Lipinski definition) is 5. The van der Waals surface area contributed by atoms with Gasteiger partial charge in [-0.2, -0.15) is 4.31 Å². The highest BCUT2D eigenvalue weighted by atomic mass is 32.2. The lowest BCUT2D eigenvalue weighted by Crippen LogP contribution is -2.42. The van der Waals surface area contributed by atoms with Crippen molar-refractivity contribution in [3.63, 3.8) is 0 Å². The van der Waals surface area contributed by atoms with Crippen LogP contribution in [-0.2, 0) is 10.0 Å². The van der Waals surface area contributed by atoms with E-state index in [4.69, 9.17) is 0 Å². The Labute approximate surface area is 160 Å². The molecule has 9 heteroatoms. The molecule has 7 nitrogen and oxygen atoms in total. The normalized spacial score (nSPS) is 23.5. The van der Waals surface area contributed by atoms with Gasteiger partial charge in [0.1, 0.15) is 5.82 Å². The Morgan fingerprint density at radius 1 is 1.14 bits per heavy atom. The maximum atomic E-state index is 13.4. The summed E-state index contributed by atoms with van der Waals surface area (Å²) < 4.78 is 40.0. The van der Waals surface area contributed by atoms with Crippen LogP contribution in [0.5, 0.6) is 0 Å². The lowest BCUT2D eigenvalue weighted by Gasteiger charge is -2.23. The topological polar surface area (TPSA) is 114 Å². The number of β-amino-alcohol motifs (C(OH)–C–C–N with tert-alkyl or cyclic N) is 1. The minimum absolute atomic E-state index is 0.0121. The van der Waals surface area contributed by atoms with Crippen LogP contribution in [0.15, 0.2) is 53.6 Å². The van der Waals surface area contributed by atoms with Crippen molar-refractivity contribution in [2.24, 2.45) is 0 Å². The first-order chi connectivity index (χ1) is 13.3. The lowest BCUT2D eigenvalue weighted by atomic mass is 10.1. The molecule has 0 radical (unpaired) electrons. The van der Waals surface area contributed by atoms with Gasteiger partial charge in [-0.15, -0.1) is 0 Å². The number of aliphatic hydroxyl groups excluding tert-OH is 3. The molecule has 2 aromatic carbocycles. The third-order valence-corrected chi connectivity index (χ3v) is 7.03. The fourth-order valence-electron chi connectivity index (χ4n) is 3.61. The van der Waals surface area contributed by atoms with Crippen LogP contribution in [0.3, 0.4) is 0 Å². The van der Waals surface area contributed by atoms with E-state index in [0.29, 0.717) is 5.52 Å². The van der Waals surface area contributed by atoms with Crippen molar-refractivity contribution < 1.29 is 28.1 Å². The summed E-state index contributed by atoms with van der Waals surface area (Å²) in [4.78, 5) is 2.98. The number of hydrogen-bond donors (Lipinski definition) is 4. The zero-order valence-electron chi connectivity index (χ0n) is 14.7. The largest absolute Gasteiger partial charge is 0.395 e. The molecule has 3 atom stereocenters. The van der Waals surface area contributed by atoms with Gasteiger partial charge < -0.3 is 20.3 Å². The van der Waals surface area contributed by atoms with Crippen molar-refractivity contribution in [1.29, 1.82) is 0 Å². The minimum atomic E-state index is -4.00. The van der Waals surface area contributed by atoms with Crippen molar-refractivity contribution >= 4 is 20.9 Å². The number of halogens is 1. The van der Waals surface area contributed by atoms with E-state index in [9.17, 15) is 28.1 Å². The van der Waals surface area contributed by atoms with E-state index in [0.717, 1.165) is 20.8 Å². The number of sulfonamides is 1. The molecule has 4 N–H and O–H groups in total. The summed E-state index contributed by atoms with van der Waals surface area (Å²) >= 11 is 0. The lowest BCUT2D eigenvalue weighted by molar-refractivity contribution is 0.0265. The van der Waals surface area contributed by atoms with Crippen LogP contribution < -0.4 is 0 Å². The number of nitrogens with one attached hydrogen (secondary N) is 1. The van der Waals surface area contributed by atoms with Crippen LogP contribution in [0.2, 0.25) is 0 Å². The van der Waals surface area contributed by atoms with Crippen LogP contribution in [-0.4, -0.2) is 64.4 Å². The van der Waals surface area contributed by atoms with Crippen LogP contribution in [0.1, 0.15) is 0 Å². The first kappa shape index (κ1) is 19.0. The number of fused-ring (bicyclic) bond motifs is 1. The molecule has 0 amide bonds. The van der Waals surface area contributed by atoms with E-state index in [-0.39, 0.29) is 17.3 Å². The molecule has 4 rings (SSSR count). The zero-order valence-corrected chi connectivity index (χ0v) is 15.5. The molecule has 1 aliphatic heterocycles. The Bertz CT molecular complexity index is 1110. The predicted molar refractivity (Wildman–Crippen MR) is 100 cm³/mol. The maximum absolute atomic E-state index is 13.4. The highest BCUT2D eigenvalue weighted by Crippen LogP contribution is 2.31. The Morgan fingerprint density at radius 3 is 2.54 bits per heavy atom. The molecule has 2 heterocycles. The molecule has 1 saturated heterocycles. The Hall–Kier alpha value is -2.30. The maximum Gasteiger partial charge on any atom is 0.243 e. The van der Waals surface area contributed by atoms with Gasteiger partial charge in [0.15, 0.2) is 0 Å². The monoisotopic (exact) mass is 406 g/mol. The second-order valence-electron chi connectivity index (χ2n) is 6.80. The summed E-state index contributed by atoms with van der Waals surface area (Å²) in [6.07, 6.45) is -0.869. The van der Waals surface area contributed by atoms with Gasteiger partial charge in [0.25, 0.3) is 0 Å². The minimum Gasteiger partial charge on any atom is -0.395 e. The molecule has 1 aromatic heterocycles. The molecule has 0 saturated carbocycles. The van der Waals surface area contributed by atoms with Crippen molar-refractivity contribution in [1.82, 2.24) is 9.29 Å². The summed E-state index contributed by atoms with van der Waals surface area (Å²) in [7, 11) is -4.00. The van der Waals surface area contributed by atoms with E-state index < -0.39 is 34.9 Å². The van der Waals surface area contributed by atoms with E-state index in [1.165, 1.54) is 24.3 Å². The quantitative estimate of drug-likeness (QED) is 0.517. The highest BCUT2D eigenvalue weighted by Gasteiger charge is 2.45. The van der Waals surface area contributed by atoms with Gasteiger partial charge in [0.2, 0.25) is 10.0 Å². The molecule has 0 aliphatic carbocycles. The molecule has 3 aromatic rings. The number of aliphatic hydroxyl groups is 3. The van der Waals surface area contributed by atoms with Crippen LogP contribution in [0.4, 0.5) is 4.39 Å². The number of H-pyrrole nitrogens is 1. The van der Waals surface area contributed by atoms with E-state index in [1.54, 1.807) is 24.4 Å². The Balaban J connectivity index is 1.67. The summed E-state index contributed by atoms with van der Waals surface area (Å²) in [6.45, 7) is -0.883. The first-order valence-corrected chi connectivity index (χ1v) is 10.1. The fraction of sp³-hybridized carbons (Fsp3) is 0.263. The van der Waals surface area contributed by atoms with Gasteiger partial charge in [-0.1, -0.05) is 12.1 Å². The highest BCUT2D eigenvalue weighted by molar-refractivity contribution is 7.89. The summed E-state index contributed by atoms with van der Waals surface area (Å²) in [5.41, 5.74) is 2.19. The number of aromatic amines is 1. The van der Waals surface area contributed by atoms with E-state index in [1.807, 2.05) is 0 Å². The number of rotatable bonds is 4. The molecule has 0 bridgehead atoms. The van der Waals surface area contributed by atoms with E-state index >= 15 is 0 Å². The summed E-state index contributed by atoms with van der Waals surface area (Å²) in [5, 5.41) is 29.9. The predicted octanol–water partition coefficient (Wildman–Crippen LogP) is 1.06. The average Bonchev–Trinajstić information content (AvgIpc) is 3.22. The third kappa shape index (κ3) is 3.01. The SMILES string of the molecule is O=S(=O)(c1ccc(-c2c[nH]c3cc(F)ccc23)cc1)N1CC(O)C(O)[C@@H]1CO. The second kappa shape index (κ2) is 6.94. The molecular weight excluding hydrogens is 387 g/mol. The van der Waals surface area contributed by atoms with Crippen LogP contribution in [0.25, 0.3) is 22.0 Å². The molecule has 28 heavy (non-hydrogen) atoms.